The number of carbonyl (C=O) groups is 1. The van der Waals surface area contributed by atoms with Crippen LogP contribution in [-0.4, -0.2) is 13.1 Å². The van der Waals surface area contributed by atoms with E-state index in [2.05, 4.69) is 27.9 Å². The summed E-state index contributed by atoms with van der Waals surface area (Å²) in [5.74, 6) is -0.441. The van der Waals surface area contributed by atoms with Gasteiger partial charge in [0.15, 0.2) is 0 Å². The Hall–Kier alpha value is -1.76. The van der Waals surface area contributed by atoms with Crippen LogP contribution in [0.1, 0.15) is 10.4 Å². The number of ether oxygens (including phenoxy) is 1. The van der Waals surface area contributed by atoms with E-state index in [1.165, 1.54) is 7.11 Å². The molecule has 0 amide bonds. The maximum Gasteiger partial charge on any atom is 0.340 e. The van der Waals surface area contributed by atoms with E-state index < -0.39 is 5.97 Å². The minimum atomic E-state index is -0.441. The van der Waals surface area contributed by atoms with Crippen LogP contribution in [0.2, 0.25) is 0 Å². The lowest BCUT2D eigenvalue weighted by atomic mass is 10.1. The van der Waals surface area contributed by atoms with E-state index in [1.807, 2.05) is 30.3 Å². The van der Waals surface area contributed by atoms with E-state index in [9.17, 15) is 4.79 Å². The number of nitrogens with one attached hydrogen (secondary N) is 1. The van der Waals surface area contributed by atoms with Gasteiger partial charge in [-0.1, -0.05) is 18.2 Å². The Labute approximate surface area is 125 Å². The molecule has 0 aliphatic heterocycles. The maximum atomic E-state index is 11.6. The predicted octanol–water partition coefficient (Wildman–Crippen LogP) is 3.40. The van der Waals surface area contributed by atoms with Gasteiger partial charge in [0.25, 0.3) is 0 Å². The number of esters is 1. The molecule has 4 nitrogen and oxygen atoms in total. The number of hydrogen-bond donors (Lipinski definition) is 2. The normalized spacial score (nSPS) is 10.0. The first-order chi connectivity index (χ1) is 9.13. The molecule has 5 heteroatoms. The lowest BCUT2D eigenvalue weighted by Gasteiger charge is -2.13. The molecule has 0 saturated heterocycles. The van der Waals surface area contributed by atoms with Gasteiger partial charge >= 0.3 is 5.97 Å². The Morgan fingerprint density at radius 3 is 2.53 bits per heavy atom. The maximum absolute atomic E-state index is 11.6. The van der Waals surface area contributed by atoms with Crippen molar-refractivity contribution < 1.29 is 9.53 Å². The molecule has 0 aromatic heterocycles. The summed E-state index contributed by atoms with van der Waals surface area (Å²) in [6.07, 6.45) is 0. The Kier molecular flexibility index (Phi) is 4.26. The van der Waals surface area contributed by atoms with Crippen LogP contribution in [-0.2, 0) is 4.74 Å². The van der Waals surface area contributed by atoms with Gasteiger partial charge in [0, 0.05) is 3.57 Å². The zero-order valence-electron chi connectivity index (χ0n) is 10.3. The molecule has 3 N–H and O–H groups in total. The fraction of sp³-hybridized carbons (Fsp3) is 0.0714. The number of methoxy groups -OCH3 is 1. The second-order valence-corrected chi connectivity index (χ2v) is 5.03. The van der Waals surface area contributed by atoms with Crippen LogP contribution in [0.15, 0.2) is 42.5 Å². The second-order valence-electron chi connectivity index (χ2n) is 3.86. The van der Waals surface area contributed by atoms with Crippen LogP contribution in [0.5, 0.6) is 0 Å². The second kappa shape index (κ2) is 5.92. The number of benzene rings is 2. The molecule has 0 atom stereocenters. The highest BCUT2D eigenvalue weighted by molar-refractivity contribution is 14.1. The van der Waals surface area contributed by atoms with E-state index in [4.69, 9.17) is 10.5 Å². The van der Waals surface area contributed by atoms with E-state index >= 15 is 0 Å². The minimum Gasteiger partial charge on any atom is -0.465 e. The molecular weight excluding hydrogens is 355 g/mol. The predicted molar refractivity (Wildman–Crippen MR) is 84.6 cm³/mol. The summed E-state index contributed by atoms with van der Waals surface area (Å²) in [4.78, 5) is 11.6. The van der Waals surface area contributed by atoms with Crippen molar-refractivity contribution in [2.75, 3.05) is 18.2 Å². The van der Waals surface area contributed by atoms with Crippen LogP contribution in [0.3, 0.4) is 0 Å². The third-order valence-electron chi connectivity index (χ3n) is 2.65. The molecule has 2 aromatic carbocycles. The average Bonchev–Trinajstić information content (AvgIpc) is 2.42. The smallest absolute Gasteiger partial charge is 0.340 e. The number of hydrogen-bond acceptors (Lipinski definition) is 4. The minimum absolute atomic E-state index is 0.360. The average molecular weight is 368 g/mol. The summed E-state index contributed by atoms with van der Waals surface area (Å²) >= 11 is 2.23. The molecule has 19 heavy (non-hydrogen) atoms. The van der Waals surface area contributed by atoms with Crippen molar-refractivity contribution in [2.24, 2.45) is 0 Å². The summed E-state index contributed by atoms with van der Waals surface area (Å²) in [5.41, 5.74) is 8.36. The number of carbonyl (C=O) groups excluding carboxylic acids is 1. The fourth-order valence-corrected chi connectivity index (χ4v) is 2.19. The Bertz CT molecular complexity index is 614. The van der Waals surface area contributed by atoms with Gasteiger partial charge in [0.05, 0.1) is 29.7 Å². The molecule has 0 heterocycles. The molecule has 0 unspecified atom stereocenters. The highest BCUT2D eigenvalue weighted by Gasteiger charge is 2.13. The molecule has 2 rings (SSSR count). The van der Waals surface area contributed by atoms with Crippen molar-refractivity contribution in [3.63, 3.8) is 0 Å². The van der Waals surface area contributed by atoms with Crippen LogP contribution in [0, 0.1) is 3.57 Å². The largest absolute Gasteiger partial charge is 0.465 e. The fourth-order valence-electron chi connectivity index (χ4n) is 1.67. The van der Waals surface area contributed by atoms with E-state index in [0.717, 1.165) is 9.26 Å². The number of nitrogens with two attached hydrogens (primary N) is 1. The lowest BCUT2D eigenvalue weighted by Crippen LogP contribution is -2.07. The lowest BCUT2D eigenvalue weighted by molar-refractivity contribution is 0.0602. The number of halogens is 1. The van der Waals surface area contributed by atoms with Gasteiger partial charge in [-0.3, -0.25) is 0 Å². The van der Waals surface area contributed by atoms with Gasteiger partial charge in [0.2, 0.25) is 0 Å². The zero-order chi connectivity index (χ0) is 13.8. The van der Waals surface area contributed by atoms with E-state index in [-0.39, 0.29) is 0 Å². The van der Waals surface area contributed by atoms with Crippen LogP contribution < -0.4 is 11.1 Å². The molecular formula is C14H13IN2O2. The Morgan fingerprint density at radius 2 is 1.84 bits per heavy atom. The van der Waals surface area contributed by atoms with Gasteiger partial charge in [-0.15, -0.1) is 0 Å². The van der Waals surface area contributed by atoms with Gasteiger partial charge in [-0.05, 0) is 46.9 Å². The van der Waals surface area contributed by atoms with Crippen molar-refractivity contribution in [1.82, 2.24) is 0 Å². The molecule has 0 radical (unpaired) electrons. The van der Waals surface area contributed by atoms with Crippen molar-refractivity contribution in [3.05, 3.63) is 51.6 Å². The summed E-state index contributed by atoms with van der Waals surface area (Å²) < 4.78 is 5.77. The van der Waals surface area contributed by atoms with Gasteiger partial charge in [-0.2, -0.15) is 0 Å². The topological polar surface area (TPSA) is 64.3 Å². The first kappa shape index (κ1) is 13.7. The third-order valence-corrected chi connectivity index (χ3v) is 3.60. The SMILES string of the molecule is COC(=O)c1cccc(Nc2ccccc2I)c1N. The van der Waals surface area contributed by atoms with Crippen molar-refractivity contribution in [3.8, 4) is 0 Å². The van der Waals surface area contributed by atoms with Crippen LogP contribution in [0.25, 0.3) is 0 Å². The molecule has 98 valence electrons. The van der Waals surface area contributed by atoms with Gasteiger partial charge in [0.1, 0.15) is 0 Å². The van der Waals surface area contributed by atoms with E-state index in [1.54, 1.807) is 12.1 Å². The number of rotatable bonds is 3. The molecule has 0 aliphatic rings. The highest BCUT2D eigenvalue weighted by atomic mass is 127. The summed E-state index contributed by atoms with van der Waals surface area (Å²) in [6, 6.07) is 13.1. The molecule has 0 saturated carbocycles. The van der Waals surface area contributed by atoms with Crippen LogP contribution in [0.4, 0.5) is 17.1 Å². The summed E-state index contributed by atoms with van der Waals surface area (Å²) in [6.45, 7) is 0. The number of nitrogen functional groups attached to an aromatic ring is 1. The Morgan fingerprint density at radius 1 is 1.16 bits per heavy atom. The Balaban J connectivity index is 2.37. The molecule has 0 aliphatic carbocycles. The van der Waals surface area contributed by atoms with E-state index in [0.29, 0.717) is 16.9 Å². The summed E-state index contributed by atoms with van der Waals surface area (Å²) in [7, 11) is 1.34. The quantitative estimate of drug-likeness (QED) is 0.495. The first-order valence-electron chi connectivity index (χ1n) is 5.62. The molecule has 0 bridgehead atoms. The molecule has 0 fully saturated rings. The molecule has 0 spiro atoms. The van der Waals surface area contributed by atoms with Crippen LogP contribution >= 0.6 is 22.6 Å². The van der Waals surface area contributed by atoms with Gasteiger partial charge < -0.3 is 15.8 Å². The first-order valence-corrected chi connectivity index (χ1v) is 6.69. The molecule has 2 aromatic rings. The van der Waals surface area contributed by atoms with Crippen molar-refractivity contribution in [1.29, 1.82) is 0 Å². The standard InChI is InChI=1S/C14H13IN2O2/c1-19-14(18)9-5-4-8-12(13(9)16)17-11-7-3-2-6-10(11)15/h2-8,17H,16H2,1H3. The van der Waals surface area contributed by atoms with Crippen molar-refractivity contribution >= 4 is 45.6 Å². The highest BCUT2D eigenvalue weighted by Crippen LogP contribution is 2.28. The summed E-state index contributed by atoms with van der Waals surface area (Å²) in [5, 5.41) is 3.22. The van der Waals surface area contributed by atoms with Gasteiger partial charge in [-0.25, -0.2) is 4.79 Å². The van der Waals surface area contributed by atoms with Crippen molar-refractivity contribution in [2.45, 2.75) is 0 Å². The monoisotopic (exact) mass is 368 g/mol. The number of para-hydroxylation sites is 2. The zero-order valence-corrected chi connectivity index (χ0v) is 12.5. The number of anilines is 3. The third kappa shape index (κ3) is 2.98.